The van der Waals surface area contributed by atoms with Crippen molar-refractivity contribution in [2.45, 2.75) is 13.8 Å². The van der Waals surface area contributed by atoms with Crippen LogP contribution in [0, 0.1) is 13.8 Å². The van der Waals surface area contributed by atoms with E-state index in [9.17, 15) is 0 Å². The van der Waals surface area contributed by atoms with E-state index >= 15 is 0 Å². The number of rotatable bonds is 3. The highest BCUT2D eigenvalue weighted by molar-refractivity contribution is 7.14. The molecule has 0 radical (unpaired) electrons. The molecule has 6 heteroatoms. The van der Waals surface area contributed by atoms with Crippen LogP contribution in [0.1, 0.15) is 11.3 Å². The van der Waals surface area contributed by atoms with Crippen molar-refractivity contribution in [3.05, 3.63) is 64.3 Å². The Kier molecular flexibility index (Phi) is 3.75. The third-order valence-electron chi connectivity index (χ3n) is 3.78. The number of halogens is 1. The molecule has 0 aliphatic heterocycles. The molecule has 4 aromatic rings. The summed E-state index contributed by atoms with van der Waals surface area (Å²) in [4.78, 5) is 9.35. The Bertz CT molecular complexity index is 1020. The zero-order valence-electron chi connectivity index (χ0n) is 13.2. The van der Waals surface area contributed by atoms with E-state index in [0.29, 0.717) is 0 Å². The highest BCUT2D eigenvalue weighted by Gasteiger charge is 2.14. The Morgan fingerprint density at radius 1 is 1.04 bits per heavy atom. The Hall–Kier alpha value is -2.37. The molecule has 0 aliphatic rings. The van der Waals surface area contributed by atoms with E-state index in [1.807, 2.05) is 37.3 Å². The predicted molar refractivity (Wildman–Crippen MR) is 101 cm³/mol. The first-order valence-corrected chi connectivity index (χ1v) is 8.80. The van der Waals surface area contributed by atoms with Gasteiger partial charge in [0.1, 0.15) is 11.3 Å². The van der Waals surface area contributed by atoms with Crippen LogP contribution in [-0.4, -0.2) is 14.4 Å². The number of nitrogens with one attached hydrogen (secondary N) is 1. The molecule has 0 unspecified atom stereocenters. The number of anilines is 2. The first-order valence-electron chi connectivity index (χ1n) is 7.54. The minimum atomic E-state index is 0.720. The fourth-order valence-corrected chi connectivity index (χ4v) is 3.52. The second kappa shape index (κ2) is 5.92. The number of aryl methyl sites for hydroxylation is 2. The molecule has 0 aliphatic carbocycles. The second-order valence-electron chi connectivity index (χ2n) is 5.65. The highest BCUT2D eigenvalue weighted by Crippen LogP contribution is 2.30. The molecule has 0 saturated heterocycles. The lowest BCUT2D eigenvalue weighted by atomic mass is 10.2. The average Bonchev–Trinajstić information content (AvgIpc) is 3.12. The number of aromatic nitrogens is 3. The molecule has 1 aromatic carbocycles. The SMILES string of the molecule is Cc1ccc2nc(C)c(-c3csc(Nc4ccc(Cl)cc4)n3)n2c1. The van der Waals surface area contributed by atoms with Crippen molar-refractivity contribution in [1.29, 1.82) is 0 Å². The summed E-state index contributed by atoms with van der Waals surface area (Å²) in [7, 11) is 0. The van der Waals surface area contributed by atoms with Crippen LogP contribution in [0.2, 0.25) is 5.02 Å². The number of imidazole rings is 1. The quantitative estimate of drug-likeness (QED) is 0.530. The molecule has 0 fully saturated rings. The molecule has 3 heterocycles. The van der Waals surface area contributed by atoms with Crippen molar-refractivity contribution in [1.82, 2.24) is 14.4 Å². The molecule has 0 spiro atoms. The summed E-state index contributed by atoms with van der Waals surface area (Å²) < 4.78 is 2.10. The second-order valence-corrected chi connectivity index (χ2v) is 6.94. The summed E-state index contributed by atoms with van der Waals surface area (Å²) in [5.74, 6) is 0. The molecule has 0 atom stereocenters. The number of hydrogen-bond donors (Lipinski definition) is 1. The Morgan fingerprint density at radius 2 is 1.83 bits per heavy atom. The monoisotopic (exact) mass is 354 g/mol. The molecule has 4 rings (SSSR count). The number of benzene rings is 1. The van der Waals surface area contributed by atoms with Crippen LogP contribution >= 0.6 is 22.9 Å². The van der Waals surface area contributed by atoms with E-state index in [2.05, 4.69) is 39.3 Å². The van der Waals surface area contributed by atoms with Crippen molar-refractivity contribution in [2.24, 2.45) is 0 Å². The van der Waals surface area contributed by atoms with Gasteiger partial charge in [0.15, 0.2) is 5.13 Å². The lowest BCUT2D eigenvalue weighted by molar-refractivity contribution is 1.15. The van der Waals surface area contributed by atoms with Crippen molar-refractivity contribution in [2.75, 3.05) is 5.32 Å². The molecular formula is C18H15ClN4S. The standard InChI is InChI=1S/C18H15ClN4S/c1-11-3-8-16-20-12(2)17(23(16)9-11)15-10-24-18(22-15)21-14-6-4-13(19)5-7-14/h3-10H,1-2H3,(H,21,22). The topological polar surface area (TPSA) is 42.2 Å². The maximum absolute atomic E-state index is 5.92. The Balaban J connectivity index is 1.71. The van der Waals surface area contributed by atoms with E-state index < -0.39 is 0 Å². The van der Waals surface area contributed by atoms with Crippen LogP contribution in [0.25, 0.3) is 17.0 Å². The van der Waals surface area contributed by atoms with Crippen molar-refractivity contribution < 1.29 is 0 Å². The van der Waals surface area contributed by atoms with Gasteiger partial charge in [0.25, 0.3) is 0 Å². The summed E-state index contributed by atoms with van der Waals surface area (Å²) in [5.41, 5.74) is 6.03. The fraction of sp³-hybridized carbons (Fsp3) is 0.111. The lowest BCUT2D eigenvalue weighted by Gasteiger charge is -2.03. The van der Waals surface area contributed by atoms with Gasteiger partial charge in [-0.2, -0.15) is 0 Å². The number of hydrogen-bond acceptors (Lipinski definition) is 4. The lowest BCUT2D eigenvalue weighted by Crippen LogP contribution is -1.92. The van der Waals surface area contributed by atoms with Gasteiger partial charge < -0.3 is 5.32 Å². The molecule has 1 N–H and O–H groups in total. The van der Waals surface area contributed by atoms with Gasteiger partial charge in [-0.25, -0.2) is 9.97 Å². The van der Waals surface area contributed by atoms with Crippen LogP contribution in [-0.2, 0) is 0 Å². The fourth-order valence-electron chi connectivity index (χ4n) is 2.67. The molecule has 0 bridgehead atoms. The first-order chi connectivity index (χ1) is 11.6. The summed E-state index contributed by atoms with van der Waals surface area (Å²) in [6.45, 7) is 4.09. The minimum Gasteiger partial charge on any atom is -0.332 e. The van der Waals surface area contributed by atoms with Gasteiger partial charge in [0.2, 0.25) is 0 Å². The van der Waals surface area contributed by atoms with E-state index in [1.165, 1.54) is 5.56 Å². The first kappa shape index (κ1) is 15.2. The van der Waals surface area contributed by atoms with Crippen molar-refractivity contribution in [3.63, 3.8) is 0 Å². The van der Waals surface area contributed by atoms with Crippen LogP contribution in [0.4, 0.5) is 10.8 Å². The van der Waals surface area contributed by atoms with Crippen LogP contribution in [0.15, 0.2) is 48.0 Å². The van der Waals surface area contributed by atoms with Crippen molar-refractivity contribution in [3.8, 4) is 11.4 Å². The van der Waals surface area contributed by atoms with E-state index in [1.54, 1.807) is 11.3 Å². The third kappa shape index (κ3) is 2.77. The largest absolute Gasteiger partial charge is 0.332 e. The maximum atomic E-state index is 5.92. The van der Waals surface area contributed by atoms with Gasteiger partial charge in [0, 0.05) is 22.3 Å². The maximum Gasteiger partial charge on any atom is 0.187 e. The number of thiazole rings is 1. The molecule has 24 heavy (non-hydrogen) atoms. The number of pyridine rings is 1. The number of nitrogens with zero attached hydrogens (tertiary/aromatic N) is 3. The van der Waals surface area contributed by atoms with E-state index in [-0.39, 0.29) is 0 Å². The molecule has 0 saturated carbocycles. The molecule has 4 nitrogen and oxygen atoms in total. The summed E-state index contributed by atoms with van der Waals surface area (Å²) in [5, 5.41) is 6.93. The van der Waals surface area contributed by atoms with E-state index in [0.717, 1.165) is 38.6 Å². The van der Waals surface area contributed by atoms with Gasteiger partial charge in [-0.15, -0.1) is 11.3 Å². The van der Waals surface area contributed by atoms with Gasteiger partial charge in [0.05, 0.1) is 11.4 Å². The zero-order chi connectivity index (χ0) is 16.7. The molecule has 3 aromatic heterocycles. The van der Waals surface area contributed by atoms with Crippen LogP contribution in [0.3, 0.4) is 0 Å². The van der Waals surface area contributed by atoms with Gasteiger partial charge in [-0.05, 0) is 49.7 Å². The number of fused-ring (bicyclic) bond motifs is 1. The van der Waals surface area contributed by atoms with Gasteiger partial charge in [-0.1, -0.05) is 17.7 Å². The molecule has 0 amide bonds. The molecular weight excluding hydrogens is 340 g/mol. The molecule has 120 valence electrons. The average molecular weight is 355 g/mol. The smallest absolute Gasteiger partial charge is 0.187 e. The summed E-state index contributed by atoms with van der Waals surface area (Å²) >= 11 is 7.49. The summed E-state index contributed by atoms with van der Waals surface area (Å²) in [6, 6.07) is 11.7. The van der Waals surface area contributed by atoms with Crippen molar-refractivity contribution >= 4 is 39.4 Å². The predicted octanol–water partition coefficient (Wildman–Crippen LogP) is 5.47. The summed E-state index contributed by atoms with van der Waals surface area (Å²) in [6.07, 6.45) is 2.09. The Labute approximate surface area is 148 Å². The van der Waals surface area contributed by atoms with Gasteiger partial charge >= 0.3 is 0 Å². The minimum absolute atomic E-state index is 0.720. The van der Waals surface area contributed by atoms with Crippen LogP contribution < -0.4 is 5.32 Å². The van der Waals surface area contributed by atoms with Crippen LogP contribution in [0.5, 0.6) is 0 Å². The Morgan fingerprint density at radius 3 is 2.62 bits per heavy atom. The van der Waals surface area contributed by atoms with E-state index in [4.69, 9.17) is 16.6 Å². The normalized spacial score (nSPS) is 11.1. The van der Waals surface area contributed by atoms with Gasteiger partial charge in [-0.3, -0.25) is 4.40 Å². The third-order valence-corrected chi connectivity index (χ3v) is 4.79. The highest BCUT2D eigenvalue weighted by atomic mass is 35.5. The zero-order valence-corrected chi connectivity index (χ0v) is 14.8.